The first kappa shape index (κ1) is 207. The van der Waals surface area contributed by atoms with Crippen LogP contribution >= 0.6 is 24.8 Å². The summed E-state index contributed by atoms with van der Waals surface area (Å²) in [6.07, 6.45) is 0. The summed E-state index contributed by atoms with van der Waals surface area (Å²) in [5.74, 6) is 0. The van der Waals surface area contributed by atoms with Crippen molar-refractivity contribution in [2.24, 2.45) is 0 Å². The quantitative estimate of drug-likeness (QED) is 0.418. The Bertz CT molecular complexity index is 11.0. The normalized spacial score (nSPS) is 0. The maximum Gasteiger partial charge on any atom is 4.00 e. The van der Waals surface area contributed by atoms with E-state index < -0.39 is 0 Å². The average molecular weight is 368 g/mol. The van der Waals surface area contributed by atoms with Crippen molar-refractivity contribution in [1.82, 2.24) is 12.3 Å². The van der Waals surface area contributed by atoms with E-state index in [-0.39, 0.29) is 111 Å². The van der Waals surface area contributed by atoms with Crippen LogP contribution in [-0.4, -0.2) is 23.9 Å². The van der Waals surface area contributed by atoms with Gasteiger partial charge in [0.1, 0.15) is 0 Å². The fraction of sp³-hybridized carbons (Fsp3) is 0. The van der Waals surface area contributed by atoms with Crippen LogP contribution in [0.4, 0.5) is 0 Å². The molecule has 0 spiro atoms. The molecule has 0 amide bonds. The van der Waals surface area contributed by atoms with Gasteiger partial charge in [-0.2, -0.15) is 0 Å². The van der Waals surface area contributed by atoms with Crippen molar-refractivity contribution < 1.29 is 49.6 Å². The molecular weight excluding hydrogens is 359 g/mol. The first-order chi connectivity index (χ1) is 0. The Hall–Kier alpha value is 2.46. The molecule has 0 aromatic carbocycles. The van der Waals surface area contributed by atoms with E-state index in [4.69, 9.17) is 0 Å². The van der Waals surface area contributed by atoms with Crippen LogP contribution in [0, 0.1) is 0 Å². The molecule has 6 N–H and O–H groups in total. The first-order valence-electron chi connectivity index (χ1n) is 0. The van der Waals surface area contributed by atoms with E-state index in [0.29, 0.717) is 0 Å². The van der Waals surface area contributed by atoms with E-state index in [0.717, 1.165) is 0 Å². The molecule has 0 fully saturated rings. The van der Waals surface area contributed by atoms with E-state index >= 15 is 0 Å². The topological polar surface area (TPSA) is 70.0 Å². The van der Waals surface area contributed by atoms with Gasteiger partial charge in [-0.1, -0.05) is 0 Å². The minimum absolute atomic E-state index is 0. The van der Waals surface area contributed by atoms with E-state index in [1.165, 1.54) is 0 Å². The second-order valence-corrected chi connectivity index (χ2v) is 0. The Morgan fingerprint density at radius 2 is 0.444 bits per heavy atom. The number of halogens is 6. The smallest absolute Gasteiger partial charge is 1.00 e. The summed E-state index contributed by atoms with van der Waals surface area (Å²) in [5, 5.41) is 0. The Labute approximate surface area is 110 Å². The van der Waals surface area contributed by atoms with Crippen LogP contribution in [0.5, 0.6) is 0 Å². The van der Waals surface area contributed by atoms with E-state index in [9.17, 15) is 0 Å². The predicted molar refractivity (Wildman–Crippen MR) is 30.3 cm³/mol. The van der Waals surface area contributed by atoms with Crippen LogP contribution in [0.15, 0.2) is 0 Å². The second kappa shape index (κ2) is 155. The molecular formula is H8Cl6N2Sn. The van der Waals surface area contributed by atoms with Crippen molar-refractivity contribution in [3.05, 3.63) is 0 Å². The van der Waals surface area contributed by atoms with Gasteiger partial charge in [-0.15, -0.1) is 24.8 Å². The fourth-order valence-electron chi connectivity index (χ4n) is 0. The molecule has 0 saturated carbocycles. The molecule has 0 atom stereocenters. The first-order valence-corrected chi connectivity index (χ1v) is 0. The number of hydrogen-bond acceptors (Lipinski definition) is 2. The Kier molecular flexibility index (Phi) is 3570. The number of rotatable bonds is 0. The molecule has 0 aromatic rings. The molecule has 0 heterocycles. The third-order valence-corrected chi connectivity index (χ3v) is 0. The fourth-order valence-corrected chi connectivity index (χ4v) is 0. The van der Waals surface area contributed by atoms with Crippen molar-refractivity contribution in [3.8, 4) is 0 Å². The molecule has 0 aliphatic carbocycles. The Balaban J connectivity index is 0. The molecule has 9 heavy (non-hydrogen) atoms. The van der Waals surface area contributed by atoms with E-state index in [2.05, 4.69) is 0 Å². The van der Waals surface area contributed by atoms with Gasteiger partial charge >= 0.3 is 23.9 Å². The molecule has 0 saturated heterocycles. The summed E-state index contributed by atoms with van der Waals surface area (Å²) in [6.45, 7) is 0. The summed E-state index contributed by atoms with van der Waals surface area (Å²) in [6, 6.07) is 0. The Morgan fingerprint density at radius 1 is 0.444 bits per heavy atom. The molecule has 0 aliphatic rings. The zero-order valence-electron chi connectivity index (χ0n) is 4.24. The summed E-state index contributed by atoms with van der Waals surface area (Å²) in [4.78, 5) is 0. The summed E-state index contributed by atoms with van der Waals surface area (Å²) >= 11 is 0. The molecule has 0 bridgehead atoms. The van der Waals surface area contributed by atoms with Crippen molar-refractivity contribution in [2.75, 3.05) is 0 Å². The van der Waals surface area contributed by atoms with Gasteiger partial charge in [-0.25, -0.2) is 0 Å². The molecule has 64 valence electrons. The second-order valence-electron chi connectivity index (χ2n) is 0. The monoisotopic (exact) mass is 366 g/mol. The van der Waals surface area contributed by atoms with Crippen LogP contribution in [0.25, 0.3) is 0 Å². The largest absolute Gasteiger partial charge is 4.00 e. The maximum absolute atomic E-state index is 0. The predicted octanol–water partition coefficient (Wildman–Crippen LogP) is -11.2. The van der Waals surface area contributed by atoms with Crippen LogP contribution in [0.3, 0.4) is 0 Å². The molecule has 0 unspecified atom stereocenters. The third kappa shape index (κ3) is 124. The Morgan fingerprint density at radius 3 is 0.444 bits per heavy atom. The third-order valence-electron chi connectivity index (χ3n) is 0. The van der Waals surface area contributed by atoms with Crippen LogP contribution in [0.1, 0.15) is 0 Å². The van der Waals surface area contributed by atoms with Gasteiger partial charge in [0.15, 0.2) is 0 Å². The van der Waals surface area contributed by atoms with Crippen molar-refractivity contribution in [1.29, 1.82) is 0 Å². The summed E-state index contributed by atoms with van der Waals surface area (Å²) in [5.41, 5.74) is 0. The van der Waals surface area contributed by atoms with Crippen molar-refractivity contribution >= 4 is 48.7 Å². The van der Waals surface area contributed by atoms with E-state index in [1.807, 2.05) is 0 Å². The van der Waals surface area contributed by atoms with Crippen molar-refractivity contribution in [3.63, 3.8) is 0 Å². The molecule has 2 nitrogen and oxygen atoms in total. The molecule has 0 aliphatic heterocycles. The van der Waals surface area contributed by atoms with Crippen molar-refractivity contribution in [2.45, 2.75) is 0 Å². The zero-order valence-corrected chi connectivity index (χ0v) is 11.8. The van der Waals surface area contributed by atoms with Gasteiger partial charge in [-0.3, -0.25) is 0 Å². The van der Waals surface area contributed by atoms with Crippen LogP contribution in [-0.2, 0) is 0 Å². The van der Waals surface area contributed by atoms with Gasteiger partial charge in [0.25, 0.3) is 0 Å². The van der Waals surface area contributed by atoms with Gasteiger partial charge in [-0.05, 0) is 0 Å². The summed E-state index contributed by atoms with van der Waals surface area (Å²) in [7, 11) is 0. The van der Waals surface area contributed by atoms with Gasteiger partial charge in [0.2, 0.25) is 0 Å². The maximum atomic E-state index is 0. The number of hydrogen-bond donors (Lipinski definition) is 2. The standard InChI is InChI=1S/6ClH.2H3N.Sn/h6*1H;2*1H3;/q;;;;;;;;+4/p-4. The minimum atomic E-state index is 0. The van der Waals surface area contributed by atoms with Crippen LogP contribution < -0.4 is 61.9 Å². The van der Waals surface area contributed by atoms with Gasteiger partial charge in [0.05, 0.1) is 0 Å². The molecule has 0 radical (unpaired) electrons. The van der Waals surface area contributed by atoms with Gasteiger partial charge < -0.3 is 61.9 Å². The zero-order chi connectivity index (χ0) is 0. The summed E-state index contributed by atoms with van der Waals surface area (Å²) < 4.78 is 0. The molecule has 9 heteroatoms. The molecule has 0 rings (SSSR count). The van der Waals surface area contributed by atoms with Gasteiger partial charge in [0, 0.05) is 0 Å². The van der Waals surface area contributed by atoms with E-state index in [1.54, 1.807) is 0 Å². The average Bonchev–Trinajstić information content (AvgIpc) is 0. The van der Waals surface area contributed by atoms with Crippen LogP contribution in [0.2, 0.25) is 0 Å². The minimum Gasteiger partial charge on any atom is -1.00 e. The SMILES string of the molecule is Cl.Cl.N.N.[Cl-].[Cl-].[Cl-].[Cl-].[Sn+4]. The molecule has 0 aromatic heterocycles.